The van der Waals surface area contributed by atoms with E-state index in [1.165, 1.54) is 0 Å². The topological polar surface area (TPSA) is 75.3 Å². The van der Waals surface area contributed by atoms with Crippen molar-refractivity contribution in [1.82, 2.24) is 10.6 Å². The first-order valence-corrected chi connectivity index (χ1v) is 7.46. The van der Waals surface area contributed by atoms with E-state index in [-0.39, 0.29) is 35.4 Å². The van der Waals surface area contributed by atoms with E-state index in [1.807, 2.05) is 6.92 Å². The van der Waals surface area contributed by atoms with Gasteiger partial charge in [0.1, 0.15) is 0 Å². The molecule has 6 heteroatoms. The van der Waals surface area contributed by atoms with E-state index in [0.29, 0.717) is 6.54 Å². The first-order chi connectivity index (χ1) is 7.39. The van der Waals surface area contributed by atoms with Crippen molar-refractivity contribution < 1.29 is 13.2 Å². The molecule has 1 atom stereocenters. The van der Waals surface area contributed by atoms with Gasteiger partial charge in [0.05, 0.1) is 11.5 Å². The summed E-state index contributed by atoms with van der Waals surface area (Å²) in [4.78, 5) is 11.6. The van der Waals surface area contributed by atoms with Crippen LogP contribution in [0.5, 0.6) is 0 Å². The number of carbonyl (C=O) groups excluding carboxylic acids is 1. The van der Waals surface area contributed by atoms with Crippen molar-refractivity contribution in [3.8, 4) is 0 Å². The molecule has 0 bridgehead atoms. The maximum absolute atomic E-state index is 11.6. The number of nitrogens with one attached hydrogen (secondary N) is 2. The molecule has 1 aliphatic heterocycles. The van der Waals surface area contributed by atoms with E-state index in [0.717, 1.165) is 12.8 Å². The number of rotatable bonds is 3. The Morgan fingerprint density at radius 3 is 2.75 bits per heavy atom. The minimum atomic E-state index is -2.95. The van der Waals surface area contributed by atoms with Gasteiger partial charge in [0.25, 0.3) is 0 Å². The van der Waals surface area contributed by atoms with Gasteiger partial charge in [0.15, 0.2) is 9.84 Å². The third-order valence-corrected chi connectivity index (χ3v) is 4.91. The van der Waals surface area contributed by atoms with Crippen LogP contribution in [-0.4, -0.2) is 44.0 Å². The van der Waals surface area contributed by atoms with Crippen LogP contribution in [0.3, 0.4) is 0 Å². The molecule has 1 saturated carbocycles. The molecule has 1 unspecified atom stereocenters. The highest BCUT2D eigenvalue weighted by Crippen LogP contribution is 2.34. The second kappa shape index (κ2) is 4.00. The predicted octanol–water partition coefficient (Wildman–Crippen LogP) is -0.568. The van der Waals surface area contributed by atoms with Crippen LogP contribution in [-0.2, 0) is 14.6 Å². The van der Waals surface area contributed by atoms with Gasteiger partial charge in [0.2, 0.25) is 5.91 Å². The van der Waals surface area contributed by atoms with Crippen LogP contribution in [0.1, 0.15) is 26.2 Å². The standard InChI is InChI=1S/C10H18N2O3S/c1-10(2-3-10)12-9(13)6-8-7-16(14,15)5-4-11-8/h8,11H,2-7H2,1H3,(H,12,13). The molecule has 0 aromatic rings. The van der Waals surface area contributed by atoms with Crippen LogP contribution in [0, 0.1) is 0 Å². The van der Waals surface area contributed by atoms with Crippen molar-refractivity contribution in [2.45, 2.75) is 37.8 Å². The Morgan fingerprint density at radius 2 is 2.19 bits per heavy atom. The SMILES string of the molecule is CC1(NC(=O)CC2CS(=O)(=O)CCN2)CC1. The van der Waals surface area contributed by atoms with Gasteiger partial charge in [-0.15, -0.1) is 0 Å². The fraction of sp³-hybridized carbons (Fsp3) is 0.900. The van der Waals surface area contributed by atoms with Crippen molar-refractivity contribution in [3.63, 3.8) is 0 Å². The minimum Gasteiger partial charge on any atom is -0.351 e. The second-order valence-electron chi connectivity index (χ2n) is 5.08. The molecule has 16 heavy (non-hydrogen) atoms. The van der Waals surface area contributed by atoms with Gasteiger partial charge in [-0.25, -0.2) is 8.42 Å². The average molecular weight is 246 g/mol. The zero-order chi connectivity index (χ0) is 11.8. The Kier molecular flexibility index (Phi) is 2.96. The quantitative estimate of drug-likeness (QED) is 0.699. The third kappa shape index (κ3) is 3.18. The fourth-order valence-corrected chi connectivity index (χ4v) is 3.37. The largest absolute Gasteiger partial charge is 0.351 e. The summed E-state index contributed by atoms with van der Waals surface area (Å²) in [6.07, 6.45) is 2.30. The Labute approximate surface area is 95.9 Å². The highest BCUT2D eigenvalue weighted by molar-refractivity contribution is 7.91. The summed E-state index contributed by atoms with van der Waals surface area (Å²) in [6.45, 7) is 2.47. The Balaban J connectivity index is 1.82. The Bertz CT molecular complexity index is 387. The number of amides is 1. The van der Waals surface area contributed by atoms with Crippen LogP contribution in [0.15, 0.2) is 0 Å². The first-order valence-electron chi connectivity index (χ1n) is 5.63. The van der Waals surface area contributed by atoms with Gasteiger partial charge in [-0.05, 0) is 19.8 Å². The molecule has 1 saturated heterocycles. The lowest BCUT2D eigenvalue weighted by Crippen LogP contribution is -2.48. The van der Waals surface area contributed by atoms with Crippen LogP contribution in [0.2, 0.25) is 0 Å². The smallest absolute Gasteiger partial charge is 0.222 e. The van der Waals surface area contributed by atoms with Gasteiger partial charge in [-0.3, -0.25) is 4.79 Å². The molecule has 1 aliphatic carbocycles. The van der Waals surface area contributed by atoms with Crippen molar-refractivity contribution in [1.29, 1.82) is 0 Å². The zero-order valence-corrected chi connectivity index (χ0v) is 10.3. The first kappa shape index (κ1) is 11.9. The van der Waals surface area contributed by atoms with E-state index in [9.17, 15) is 13.2 Å². The summed E-state index contributed by atoms with van der Waals surface area (Å²) >= 11 is 0. The lowest BCUT2D eigenvalue weighted by atomic mass is 10.2. The normalized spacial score (nSPS) is 30.7. The van der Waals surface area contributed by atoms with Crippen molar-refractivity contribution in [2.24, 2.45) is 0 Å². The van der Waals surface area contributed by atoms with Gasteiger partial charge >= 0.3 is 0 Å². The van der Waals surface area contributed by atoms with Crippen molar-refractivity contribution >= 4 is 15.7 Å². The second-order valence-corrected chi connectivity index (χ2v) is 7.31. The minimum absolute atomic E-state index is 0.0232. The van der Waals surface area contributed by atoms with E-state index in [1.54, 1.807) is 0 Å². The molecule has 2 rings (SSSR count). The molecule has 0 radical (unpaired) electrons. The molecular formula is C10H18N2O3S. The molecule has 1 heterocycles. The van der Waals surface area contributed by atoms with E-state index < -0.39 is 9.84 Å². The van der Waals surface area contributed by atoms with E-state index in [2.05, 4.69) is 10.6 Å². The molecular weight excluding hydrogens is 228 g/mol. The highest BCUT2D eigenvalue weighted by Gasteiger charge is 2.39. The Morgan fingerprint density at radius 1 is 1.50 bits per heavy atom. The molecule has 2 aliphatic rings. The fourth-order valence-electron chi connectivity index (χ4n) is 1.92. The molecule has 92 valence electrons. The van der Waals surface area contributed by atoms with Crippen LogP contribution in [0.25, 0.3) is 0 Å². The molecule has 1 amide bonds. The summed E-state index contributed by atoms with van der Waals surface area (Å²) < 4.78 is 22.7. The highest BCUT2D eigenvalue weighted by atomic mass is 32.2. The van der Waals surface area contributed by atoms with Gasteiger partial charge in [-0.2, -0.15) is 0 Å². The van der Waals surface area contributed by atoms with Gasteiger partial charge in [-0.1, -0.05) is 0 Å². The van der Waals surface area contributed by atoms with Crippen LogP contribution < -0.4 is 10.6 Å². The monoisotopic (exact) mass is 246 g/mol. The van der Waals surface area contributed by atoms with Crippen LogP contribution in [0.4, 0.5) is 0 Å². The van der Waals surface area contributed by atoms with E-state index >= 15 is 0 Å². The summed E-state index contributed by atoms with van der Waals surface area (Å²) in [5.41, 5.74) is -0.0232. The molecule has 0 spiro atoms. The summed E-state index contributed by atoms with van der Waals surface area (Å²) in [7, 11) is -2.95. The van der Waals surface area contributed by atoms with Gasteiger partial charge in [0, 0.05) is 24.5 Å². The summed E-state index contributed by atoms with van der Waals surface area (Å²) in [5, 5.41) is 6.00. The van der Waals surface area contributed by atoms with Crippen molar-refractivity contribution in [3.05, 3.63) is 0 Å². The number of hydrogen-bond donors (Lipinski definition) is 2. The number of carbonyl (C=O) groups is 1. The number of hydrogen-bond acceptors (Lipinski definition) is 4. The predicted molar refractivity (Wildman–Crippen MR) is 60.8 cm³/mol. The lowest BCUT2D eigenvalue weighted by molar-refractivity contribution is -0.122. The van der Waals surface area contributed by atoms with E-state index in [4.69, 9.17) is 0 Å². The number of sulfone groups is 1. The molecule has 5 nitrogen and oxygen atoms in total. The molecule has 2 N–H and O–H groups in total. The Hall–Kier alpha value is -0.620. The molecule has 0 aromatic heterocycles. The zero-order valence-electron chi connectivity index (χ0n) is 9.45. The van der Waals surface area contributed by atoms with Crippen LogP contribution >= 0.6 is 0 Å². The average Bonchev–Trinajstić information content (AvgIpc) is 2.80. The molecule has 2 fully saturated rings. The third-order valence-electron chi connectivity index (χ3n) is 3.17. The van der Waals surface area contributed by atoms with Crippen molar-refractivity contribution in [2.75, 3.05) is 18.1 Å². The molecule has 0 aromatic carbocycles. The summed E-state index contributed by atoms with van der Waals surface area (Å²) in [6, 6.07) is -0.221. The lowest BCUT2D eigenvalue weighted by Gasteiger charge is -2.23. The maximum Gasteiger partial charge on any atom is 0.222 e. The summed E-state index contributed by atoms with van der Waals surface area (Å²) in [5.74, 6) is 0.217. The maximum atomic E-state index is 11.6. The van der Waals surface area contributed by atoms with Gasteiger partial charge < -0.3 is 10.6 Å².